The van der Waals surface area contributed by atoms with Crippen LogP contribution in [-0.2, 0) is 9.53 Å². The van der Waals surface area contributed by atoms with Crippen LogP contribution in [0.25, 0.3) is 0 Å². The predicted octanol–water partition coefficient (Wildman–Crippen LogP) is 3.97. The van der Waals surface area contributed by atoms with E-state index in [4.69, 9.17) is 4.74 Å². The van der Waals surface area contributed by atoms with Crippen LogP contribution in [0.4, 0.5) is 0 Å². The highest BCUT2D eigenvalue weighted by molar-refractivity contribution is 9.10. The lowest BCUT2D eigenvalue weighted by Gasteiger charge is -2.04. The molecule has 0 aromatic heterocycles. The van der Waals surface area contributed by atoms with Crippen molar-refractivity contribution in [2.45, 2.75) is 4.90 Å². The summed E-state index contributed by atoms with van der Waals surface area (Å²) in [6.45, 7) is -0.219. The Morgan fingerprint density at radius 2 is 1.67 bits per heavy atom. The topological polar surface area (TPSA) is 43.4 Å². The van der Waals surface area contributed by atoms with E-state index in [0.717, 1.165) is 9.37 Å². The monoisotopic (exact) mass is 364 g/mol. The zero-order chi connectivity index (χ0) is 15.1. The number of hydrogen-bond acceptors (Lipinski definition) is 4. The Bertz CT molecular complexity index is 611. The molecule has 0 spiro atoms. The minimum Gasteiger partial charge on any atom is -0.457 e. The molecule has 0 aliphatic rings. The van der Waals surface area contributed by atoms with Crippen LogP contribution in [0.3, 0.4) is 0 Å². The molecule has 0 fully saturated rings. The summed E-state index contributed by atoms with van der Waals surface area (Å²) in [6.07, 6.45) is 0. The Kier molecular flexibility index (Phi) is 6.02. The van der Waals surface area contributed by atoms with Gasteiger partial charge in [0.1, 0.15) is 0 Å². The number of ketones is 1. The van der Waals surface area contributed by atoms with Gasteiger partial charge in [-0.3, -0.25) is 9.59 Å². The van der Waals surface area contributed by atoms with Crippen LogP contribution in [-0.4, -0.2) is 24.1 Å². The van der Waals surface area contributed by atoms with Gasteiger partial charge in [0, 0.05) is 14.9 Å². The highest BCUT2D eigenvalue weighted by atomic mass is 79.9. The van der Waals surface area contributed by atoms with E-state index < -0.39 is 5.97 Å². The van der Waals surface area contributed by atoms with E-state index in [0.29, 0.717) is 5.56 Å². The molecule has 0 atom stereocenters. The van der Waals surface area contributed by atoms with Gasteiger partial charge in [-0.25, -0.2) is 0 Å². The molecule has 0 unspecified atom stereocenters. The van der Waals surface area contributed by atoms with E-state index in [1.54, 1.807) is 24.3 Å². The van der Waals surface area contributed by atoms with Crippen LogP contribution >= 0.6 is 27.7 Å². The second-order valence-electron chi connectivity index (χ2n) is 4.19. The summed E-state index contributed by atoms with van der Waals surface area (Å²) in [5.41, 5.74) is 0.547. The van der Waals surface area contributed by atoms with Crippen LogP contribution in [0, 0.1) is 0 Å². The molecule has 3 nitrogen and oxygen atoms in total. The molecule has 2 aromatic rings. The fraction of sp³-hybridized carbons (Fsp3) is 0.125. The average Bonchev–Trinajstić information content (AvgIpc) is 2.53. The van der Waals surface area contributed by atoms with Gasteiger partial charge >= 0.3 is 5.97 Å². The van der Waals surface area contributed by atoms with E-state index in [1.807, 2.05) is 30.3 Å². The third-order valence-corrected chi connectivity index (χ3v) is 4.14. The van der Waals surface area contributed by atoms with Gasteiger partial charge in [0.05, 0.1) is 5.75 Å². The number of thioether (sulfide) groups is 1. The molecule has 0 heterocycles. The summed E-state index contributed by atoms with van der Waals surface area (Å²) in [4.78, 5) is 24.4. The molecule has 108 valence electrons. The van der Waals surface area contributed by atoms with E-state index in [1.165, 1.54) is 11.8 Å². The maximum atomic E-state index is 11.8. The molecule has 0 radical (unpaired) electrons. The molecule has 5 heteroatoms. The third-order valence-electron chi connectivity index (χ3n) is 2.63. The molecule has 0 aliphatic heterocycles. The van der Waals surface area contributed by atoms with E-state index >= 15 is 0 Å². The quantitative estimate of drug-likeness (QED) is 0.442. The van der Waals surface area contributed by atoms with Gasteiger partial charge in [0.15, 0.2) is 12.4 Å². The molecular weight excluding hydrogens is 352 g/mol. The maximum Gasteiger partial charge on any atom is 0.316 e. The average molecular weight is 365 g/mol. The normalized spacial score (nSPS) is 10.1. The molecule has 0 aliphatic carbocycles. The van der Waals surface area contributed by atoms with Crippen molar-refractivity contribution in [1.29, 1.82) is 0 Å². The van der Waals surface area contributed by atoms with Crippen LogP contribution in [0.15, 0.2) is 64.0 Å². The number of carbonyl (C=O) groups is 2. The fourth-order valence-corrected chi connectivity index (χ4v) is 2.53. The van der Waals surface area contributed by atoms with Gasteiger partial charge in [0.2, 0.25) is 0 Å². The number of halogens is 1. The van der Waals surface area contributed by atoms with Crippen LogP contribution in [0.1, 0.15) is 10.4 Å². The van der Waals surface area contributed by atoms with Crippen molar-refractivity contribution in [3.05, 3.63) is 64.6 Å². The van der Waals surface area contributed by atoms with Crippen molar-refractivity contribution in [2.24, 2.45) is 0 Å². The first-order chi connectivity index (χ1) is 10.1. The Hall–Kier alpha value is -1.59. The van der Waals surface area contributed by atoms with Crippen molar-refractivity contribution in [3.8, 4) is 0 Å². The number of carbonyl (C=O) groups excluding carboxylic acids is 2. The van der Waals surface area contributed by atoms with E-state index in [2.05, 4.69) is 15.9 Å². The van der Waals surface area contributed by atoms with Crippen molar-refractivity contribution < 1.29 is 14.3 Å². The number of ether oxygens (including phenoxy) is 1. The summed E-state index contributed by atoms with van der Waals surface area (Å²) in [6, 6.07) is 16.4. The zero-order valence-electron chi connectivity index (χ0n) is 11.1. The van der Waals surface area contributed by atoms with Gasteiger partial charge in [-0.15, -0.1) is 11.8 Å². The van der Waals surface area contributed by atoms with Gasteiger partial charge < -0.3 is 4.74 Å². The summed E-state index contributed by atoms with van der Waals surface area (Å²) in [5.74, 6) is -0.409. The number of Topliss-reactive ketones (excluding diaryl/α,β-unsaturated/α-hetero) is 1. The number of benzene rings is 2. The number of rotatable bonds is 6. The molecule has 0 bridgehead atoms. The van der Waals surface area contributed by atoms with Crippen LogP contribution in [0.2, 0.25) is 0 Å². The molecule has 0 saturated carbocycles. The smallest absolute Gasteiger partial charge is 0.316 e. The molecule has 0 saturated heterocycles. The summed E-state index contributed by atoms with van der Waals surface area (Å²) < 4.78 is 5.97. The molecule has 2 aromatic carbocycles. The second kappa shape index (κ2) is 8.00. The minimum atomic E-state index is -0.396. The first kappa shape index (κ1) is 15.8. The van der Waals surface area contributed by atoms with Gasteiger partial charge in [0.25, 0.3) is 0 Å². The molecule has 2 rings (SSSR count). The Morgan fingerprint density at radius 3 is 2.33 bits per heavy atom. The minimum absolute atomic E-state index is 0.184. The molecule has 21 heavy (non-hydrogen) atoms. The lowest BCUT2D eigenvalue weighted by atomic mass is 10.1. The van der Waals surface area contributed by atoms with Crippen LogP contribution < -0.4 is 0 Å². The first-order valence-electron chi connectivity index (χ1n) is 6.27. The first-order valence-corrected chi connectivity index (χ1v) is 8.05. The lowest BCUT2D eigenvalue weighted by Crippen LogP contribution is -2.15. The Morgan fingerprint density at radius 1 is 1.00 bits per heavy atom. The Balaban J connectivity index is 1.75. The van der Waals surface area contributed by atoms with Crippen molar-refractivity contribution >= 4 is 39.4 Å². The summed E-state index contributed by atoms with van der Waals surface area (Å²) in [5, 5.41) is 0. The number of esters is 1. The van der Waals surface area contributed by atoms with Gasteiger partial charge in [-0.05, 0) is 24.3 Å². The van der Waals surface area contributed by atoms with Gasteiger partial charge in [-0.1, -0.05) is 46.3 Å². The SMILES string of the molecule is O=C(CSc1ccc(Br)cc1)OCC(=O)c1ccccc1. The van der Waals surface area contributed by atoms with Crippen molar-refractivity contribution in [1.82, 2.24) is 0 Å². The summed E-state index contributed by atoms with van der Waals surface area (Å²) >= 11 is 4.73. The maximum absolute atomic E-state index is 11.8. The number of hydrogen-bond donors (Lipinski definition) is 0. The lowest BCUT2D eigenvalue weighted by molar-refractivity contribution is -0.139. The molecule has 0 amide bonds. The van der Waals surface area contributed by atoms with E-state index in [9.17, 15) is 9.59 Å². The zero-order valence-corrected chi connectivity index (χ0v) is 13.5. The predicted molar refractivity (Wildman–Crippen MR) is 86.6 cm³/mol. The van der Waals surface area contributed by atoms with Gasteiger partial charge in [-0.2, -0.15) is 0 Å². The third kappa shape index (κ3) is 5.36. The Labute approximate surface area is 135 Å². The largest absolute Gasteiger partial charge is 0.457 e. The fourth-order valence-electron chi connectivity index (χ4n) is 1.57. The molecule has 0 N–H and O–H groups in total. The highest BCUT2D eigenvalue weighted by Gasteiger charge is 2.10. The van der Waals surface area contributed by atoms with Crippen LogP contribution in [0.5, 0.6) is 0 Å². The van der Waals surface area contributed by atoms with E-state index in [-0.39, 0.29) is 18.1 Å². The second-order valence-corrected chi connectivity index (χ2v) is 6.16. The summed E-state index contributed by atoms with van der Waals surface area (Å²) in [7, 11) is 0. The van der Waals surface area contributed by atoms with Crippen molar-refractivity contribution in [3.63, 3.8) is 0 Å². The molecular formula is C16H13BrO3S. The van der Waals surface area contributed by atoms with Crippen molar-refractivity contribution in [2.75, 3.05) is 12.4 Å². The standard InChI is InChI=1S/C16H13BrO3S/c17-13-6-8-14(9-7-13)21-11-16(19)20-10-15(18)12-4-2-1-3-5-12/h1-9H,10-11H2. The highest BCUT2D eigenvalue weighted by Crippen LogP contribution is 2.20.